The fraction of sp³-hybridized carbons (Fsp3) is 0.200. The maximum atomic E-state index is 13.7. The molecular formula is C20H18FNO3S. The molecule has 4 nitrogen and oxygen atoms in total. The van der Waals surface area contributed by atoms with Gasteiger partial charge in [-0.05, 0) is 54.9 Å². The molecule has 26 heavy (non-hydrogen) atoms. The average Bonchev–Trinajstić information content (AvgIpc) is 2.87. The molecule has 2 aromatic carbocycles. The zero-order chi connectivity index (χ0) is 18.7. The lowest BCUT2D eigenvalue weighted by Crippen LogP contribution is -2.32. The van der Waals surface area contributed by atoms with E-state index in [0.29, 0.717) is 0 Å². The molecule has 134 valence electrons. The second kappa shape index (κ2) is 7.74. The van der Waals surface area contributed by atoms with E-state index in [1.165, 1.54) is 12.1 Å². The minimum Gasteiger partial charge on any atom is -0.491 e. The number of imide groups is 1. The SMILES string of the molecule is Cc1ccc(C)c(OCCN2C(=O)S/C(=C\c3ccccc3F)C2=O)c1. The second-order valence-corrected chi connectivity index (χ2v) is 6.97. The van der Waals surface area contributed by atoms with Crippen molar-refractivity contribution in [2.24, 2.45) is 0 Å². The minimum absolute atomic E-state index is 0.145. The molecule has 3 rings (SSSR count). The van der Waals surface area contributed by atoms with Crippen LogP contribution >= 0.6 is 11.8 Å². The van der Waals surface area contributed by atoms with Crippen LogP contribution in [-0.2, 0) is 4.79 Å². The Labute approximate surface area is 155 Å². The van der Waals surface area contributed by atoms with Crippen molar-refractivity contribution in [1.29, 1.82) is 0 Å². The van der Waals surface area contributed by atoms with Gasteiger partial charge >= 0.3 is 0 Å². The lowest BCUT2D eigenvalue weighted by molar-refractivity contribution is -0.123. The Bertz CT molecular complexity index is 894. The van der Waals surface area contributed by atoms with Crippen molar-refractivity contribution in [1.82, 2.24) is 4.90 Å². The summed E-state index contributed by atoms with van der Waals surface area (Å²) >= 11 is 0.813. The van der Waals surface area contributed by atoms with Crippen molar-refractivity contribution in [2.45, 2.75) is 13.8 Å². The van der Waals surface area contributed by atoms with Crippen LogP contribution in [0.1, 0.15) is 16.7 Å². The highest BCUT2D eigenvalue weighted by Gasteiger charge is 2.34. The molecule has 6 heteroatoms. The monoisotopic (exact) mass is 371 g/mol. The molecule has 1 heterocycles. The van der Waals surface area contributed by atoms with E-state index in [4.69, 9.17) is 4.74 Å². The first kappa shape index (κ1) is 18.2. The first-order chi connectivity index (χ1) is 12.5. The molecule has 0 aliphatic carbocycles. The lowest BCUT2D eigenvalue weighted by Gasteiger charge is -2.14. The van der Waals surface area contributed by atoms with Gasteiger partial charge in [0.2, 0.25) is 0 Å². The highest BCUT2D eigenvalue weighted by atomic mass is 32.2. The number of hydrogen-bond acceptors (Lipinski definition) is 4. The largest absolute Gasteiger partial charge is 0.491 e. The van der Waals surface area contributed by atoms with Gasteiger partial charge in [-0.2, -0.15) is 0 Å². The van der Waals surface area contributed by atoms with Crippen LogP contribution in [0.3, 0.4) is 0 Å². The van der Waals surface area contributed by atoms with Crippen molar-refractivity contribution in [3.05, 3.63) is 69.9 Å². The van der Waals surface area contributed by atoms with E-state index in [0.717, 1.165) is 33.5 Å². The summed E-state index contributed by atoms with van der Waals surface area (Å²) in [6, 6.07) is 12.0. The summed E-state index contributed by atoms with van der Waals surface area (Å²) in [6.07, 6.45) is 1.41. The van der Waals surface area contributed by atoms with Gasteiger partial charge in [-0.3, -0.25) is 14.5 Å². The zero-order valence-corrected chi connectivity index (χ0v) is 15.3. The van der Waals surface area contributed by atoms with Crippen LogP contribution in [0.5, 0.6) is 5.75 Å². The third kappa shape index (κ3) is 3.96. The van der Waals surface area contributed by atoms with Gasteiger partial charge in [-0.25, -0.2) is 4.39 Å². The maximum Gasteiger partial charge on any atom is 0.293 e. The molecule has 1 aliphatic heterocycles. The summed E-state index contributed by atoms with van der Waals surface area (Å²) in [6.45, 7) is 4.25. The molecule has 0 saturated carbocycles. The van der Waals surface area contributed by atoms with Crippen LogP contribution in [0.25, 0.3) is 6.08 Å². The number of halogens is 1. The molecule has 0 radical (unpaired) electrons. The fourth-order valence-electron chi connectivity index (χ4n) is 2.54. The molecule has 2 amide bonds. The first-order valence-corrected chi connectivity index (χ1v) is 8.97. The van der Waals surface area contributed by atoms with Gasteiger partial charge in [-0.15, -0.1) is 0 Å². The van der Waals surface area contributed by atoms with Crippen molar-refractivity contribution in [3.63, 3.8) is 0 Å². The Morgan fingerprint density at radius 3 is 2.69 bits per heavy atom. The van der Waals surface area contributed by atoms with Crippen LogP contribution in [0, 0.1) is 19.7 Å². The van der Waals surface area contributed by atoms with Crippen molar-refractivity contribution in [2.75, 3.05) is 13.2 Å². The summed E-state index contributed by atoms with van der Waals surface area (Å²) in [5, 5.41) is -0.373. The van der Waals surface area contributed by atoms with Gasteiger partial charge in [-0.1, -0.05) is 30.3 Å². The number of rotatable bonds is 5. The molecule has 0 aromatic heterocycles. The summed E-state index contributed by atoms with van der Waals surface area (Å²) in [7, 11) is 0. The Morgan fingerprint density at radius 2 is 1.92 bits per heavy atom. The number of benzene rings is 2. The van der Waals surface area contributed by atoms with E-state index >= 15 is 0 Å². The Balaban J connectivity index is 1.66. The Kier molecular flexibility index (Phi) is 5.42. The topological polar surface area (TPSA) is 46.6 Å². The van der Waals surface area contributed by atoms with E-state index in [9.17, 15) is 14.0 Å². The standard InChI is InChI=1S/C20H18FNO3S/c1-13-7-8-14(2)17(11-13)25-10-9-22-19(23)18(26-20(22)24)12-15-5-3-4-6-16(15)21/h3-8,11-12H,9-10H2,1-2H3/b18-12-. The number of hydrogen-bond donors (Lipinski definition) is 0. The summed E-state index contributed by atoms with van der Waals surface area (Å²) < 4.78 is 19.5. The normalized spacial score (nSPS) is 15.8. The zero-order valence-electron chi connectivity index (χ0n) is 14.5. The molecule has 0 bridgehead atoms. The summed E-state index contributed by atoms with van der Waals surface area (Å²) in [5.41, 5.74) is 2.35. The number of carbonyl (C=O) groups is 2. The summed E-state index contributed by atoms with van der Waals surface area (Å²) in [5.74, 6) is -0.121. The van der Waals surface area contributed by atoms with E-state index < -0.39 is 11.7 Å². The predicted octanol–water partition coefficient (Wildman–Crippen LogP) is 4.56. The quantitative estimate of drug-likeness (QED) is 0.723. The van der Waals surface area contributed by atoms with Crippen LogP contribution in [0.15, 0.2) is 47.4 Å². The van der Waals surface area contributed by atoms with Crippen LogP contribution < -0.4 is 4.74 Å². The molecule has 0 N–H and O–H groups in total. The molecule has 1 fully saturated rings. The van der Waals surface area contributed by atoms with E-state index in [1.54, 1.807) is 18.2 Å². The maximum absolute atomic E-state index is 13.7. The van der Waals surface area contributed by atoms with Gasteiger partial charge in [0.25, 0.3) is 11.1 Å². The molecule has 0 spiro atoms. The molecule has 2 aromatic rings. The number of carbonyl (C=O) groups excluding carboxylic acids is 2. The lowest BCUT2D eigenvalue weighted by atomic mass is 10.1. The molecular weight excluding hydrogens is 353 g/mol. The van der Waals surface area contributed by atoms with Crippen molar-refractivity contribution >= 4 is 29.0 Å². The summed E-state index contributed by atoms with van der Waals surface area (Å²) in [4.78, 5) is 25.9. The van der Waals surface area contributed by atoms with Gasteiger partial charge < -0.3 is 4.74 Å². The Hall–Kier alpha value is -2.60. The third-order valence-electron chi connectivity index (χ3n) is 3.98. The number of aryl methyl sites for hydroxylation is 2. The minimum atomic E-state index is -0.433. The molecule has 0 atom stereocenters. The highest BCUT2D eigenvalue weighted by molar-refractivity contribution is 8.18. The second-order valence-electron chi connectivity index (χ2n) is 5.97. The molecule has 0 unspecified atom stereocenters. The van der Waals surface area contributed by atoms with Crippen LogP contribution in [-0.4, -0.2) is 29.2 Å². The fourth-order valence-corrected chi connectivity index (χ4v) is 3.39. The third-order valence-corrected chi connectivity index (χ3v) is 4.89. The van der Waals surface area contributed by atoms with Gasteiger partial charge in [0.1, 0.15) is 18.2 Å². The number of thioether (sulfide) groups is 1. The van der Waals surface area contributed by atoms with Gasteiger partial charge in [0, 0.05) is 5.56 Å². The Morgan fingerprint density at radius 1 is 1.15 bits per heavy atom. The van der Waals surface area contributed by atoms with E-state index in [-0.39, 0.29) is 28.9 Å². The van der Waals surface area contributed by atoms with E-state index in [2.05, 4.69) is 0 Å². The molecule has 1 saturated heterocycles. The van der Waals surface area contributed by atoms with Crippen molar-refractivity contribution < 1.29 is 18.7 Å². The van der Waals surface area contributed by atoms with Crippen molar-refractivity contribution in [3.8, 4) is 5.75 Å². The highest BCUT2D eigenvalue weighted by Crippen LogP contribution is 2.32. The average molecular weight is 371 g/mol. The van der Waals surface area contributed by atoms with Gasteiger partial charge in [0.05, 0.1) is 11.4 Å². The van der Waals surface area contributed by atoms with Gasteiger partial charge in [0.15, 0.2) is 0 Å². The first-order valence-electron chi connectivity index (χ1n) is 8.15. The predicted molar refractivity (Wildman–Crippen MR) is 100 cm³/mol. The number of amides is 2. The van der Waals surface area contributed by atoms with E-state index in [1.807, 2.05) is 32.0 Å². The smallest absolute Gasteiger partial charge is 0.293 e. The number of ether oxygens (including phenoxy) is 1. The van der Waals surface area contributed by atoms with Crippen LogP contribution in [0.4, 0.5) is 9.18 Å². The molecule has 1 aliphatic rings. The number of nitrogens with zero attached hydrogens (tertiary/aromatic N) is 1. The van der Waals surface area contributed by atoms with Crippen LogP contribution in [0.2, 0.25) is 0 Å².